The van der Waals surface area contributed by atoms with Crippen LogP contribution in [0.4, 0.5) is 0 Å². The van der Waals surface area contributed by atoms with E-state index in [9.17, 15) is 9.90 Å². The summed E-state index contributed by atoms with van der Waals surface area (Å²) in [6.07, 6.45) is 0. The van der Waals surface area contributed by atoms with Crippen molar-refractivity contribution in [3.8, 4) is 0 Å². The van der Waals surface area contributed by atoms with Gasteiger partial charge in [-0.2, -0.15) is 0 Å². The maximum atomic E-state index is 11.1. The molecular formula is C17H19ClN2O2. The molecule has 4 nitrogen and oxygen atoms in total. The first kappa shape index (κ1) is 16.5. The number of carbonyl (C=O) groups excluding carboxylic acids is 1. The predicted octanol–water partition coefficient (Wildman–Crippen LogP) is 2.43. The average molecular weight is 319 g/mol. The average Bonchev–Trinajstić information content (AvgIpc) is 2.50. The molecule has 0 saturated carbocycles. The van der Waals surface area contributed by atoms with Crippen molar-refractivity contribution in [2.45, 2.75) is 13.1 Å². The molecule has 0 radical (unpaired) electrons. The summed E-state index contributed by atoms with van der Waals surface area (Å²) in [5.41, 5.74) is 7.92. The normalized spacial score (nSPS) is 10.9. The second-order valence-corrected chi connectivity index (χ2v) is 5.56. The Morgan fingerprint density at radius 1 is 1.00 bits per heavy atom. The van der Waals surface area contributed by atoms with E-state index in [-0.39, 0.29) is 6.61 Å². The minimum atomic E-state index is -0.431. The lowest BCUT2D eigenvalue weighted by Crippen LogP contribution is -2.26. The van der Waals surface area contributed by atoms with E-state index in [1.165, 1.54) is 0 Å². The molecule has 3 N–H and O–H groups in total. The lowest BCUT2D eigenvalue weighted by atomic mass is 10.1. The quantitative estimate of drug-likeness (QED) is 0.824. The Labute approximate surface area is 135 Å². The fraction of sp³-hybridized carbons (Fsp3) is 0.235. The van der Waals surface area contributed by atoms with Crippen LogP contribution in [0, 0.1) is 0 Å². The zero-order chi connectivity index (χ0) is 15.9. The highest BCUT2D eigenvalue weighted by Gasteiger charge is 2.08. The van der Waals surface area contributed by atoms with Crippen LogP contribution in [0.2, 0.25) is 5.02 Å². The van der Waals surface area contributed by atoms with E-state index >= 15 is 0 Å². The standard InChI is InChI=1S/C17H19ClN2O2/c18-16-7-3-14(4-8-16)12-20(9-10-21)11-13-1-5-15(6-2-13)17(19)22/h1-8,21H,9-12H2,(H2,19,22). The predicted molar refractivity (Wildman–Crippen MR) is 87.6 cm³/mol. The second kappa shape index (κ2) is 7.94. The third kappa shape index (κ3) is 4.84. The summed E-state index contributed by atoms with van der Waals surface area (Å²) in [4.78, 5) is 13.2. The van der Waals surface area contributed by atoms with Crippen LogP contribution in [0.25, 0.3) is 0 Å². The number of primary amides is 1. The van der Waals surface area contributed by atoms with Gasteiger partial charge >= 0.3 is 0 Å². The summed E-state index contributed by atoms with van der Waals surface area (Å²) in [5, 5.41) is 9.94. The maximum Gasteiger partial charge on any atom is 0.248 e. The number of benzene rings is 2. The number of halogens is 1. The summed E-state index contributed by atoms with van der Waals surface area (Å²) in [7, 11) is 0. The van der Waals surface area contributed by atoms with Crippen LogP contribution in [-0.4, -0.2) is 29.1 Å². The number of amides is 1. The number of nitrogens with two attached hydrogens (primary N) is 1. The highest BCUT2D eigenvalue weighted by Crippen LogP contribution is 2.14. The minimum absolute atomic E-state index is 0.0902. The zero-order valence-electron chi connectivity index (χ0n) is 12.2. The molecule has 22 heavy (non-hydrogen) atoms. The Kier molecular flexibility index (Phi) is 5.95. The van der Waals surface area contributed by atoms with E-state index in [0.717, 1.165) is 17.7 Å². The van der Waals surface area contributed by atoms with Crippen molar-refractivity contribution in [1.82, 2.24) is 4.90 Å². The molecule has 0 aliphatic rings. The summed E-state index contributed by atoms with van der Waals surface area (Å²) < 4.78 is 0. The third-order valence-corrected chi connectivity index (χ3v) is 3.63. The van der Waals surface area contributed by atoms with Gasteiger partial charge in [-0.3, -0.25) is 9.69 Å². The first-order valence-corrected chi connectivity index (χ1v) is 7.42. The van der Waals surface area contributed by atoms with Crippen LogP contribution < -0.4 is 5.73 Å². The highest BCUT2D eigenvalue weighted by atomic mass is 35.5. The molecule has 0 atom stereocenters. The van der Waals surface area contributed by atoms with E-state index < -0.39 is 5.91 Å². The number of aliphatic hydroxyl groups excluding tert-OH is 1. The summed E-state index contributed by atoms with van der Waals surface area (Å²) in [6, 6.07) is 14.9. The van der Waals surface area contributed by atoms with E-state index in [1.807, 2.05) is 36.4 Å². The van der Waals surface area contributed by atoms with Crippen molar-refractivity contribution in [3.63, 3.8) is 0 Å². The van der Waals surface area contributed by atoms with Crippen molar-refractivity contribution in [2.24, 2.45) is 5.73 Å². The van der Waals surface area contributed by atoms with E-state index in [1.54, 1.807) is 12.1 Å². The van der Waals surface area contributed by atoms with Gasteiger partial charge in [0.15, 0.2) is 0 Å². The maximum absolute atomic E-state index is 11.1. The van der Waals surface area contributed by atoms with Crippen LogP contribution in [0.3, 0.4) is 0 Å². The van der Waals surface area contributed by atoms with Crippen molar-refractivity contribution in [2.75, 3.05) is 13.2 Å². The van der Waals surface area contributed by atoms with Gasteiger partial charge in [-0.05, 0) is 35.4 Å². The van der Waals surface area contributed by atoms with Gasteiger partial charge in [-0.15, -0.1) is 0 Å². The van der Waals surface area contributed by atoms with Gasteiger partial charge in [-0.1, -0.05) is 35.9 Å². The number of hydrogen-bond donors (Lipinski definition) is 2. The summed E-state index contributed by atoms with van der Waals surface area (Å²) in [5.74, 6) is -0.431. The molecule has 2 aromatic rings. The molecule has 0 fully saturated rings. The van der Waals surface area contributed by atoms with Crippen molar-refractivity contribution < 1.29 is 9.90 Å². The number of carbonyl (C=O) groups is 1. The smallest absolute Gasteiger partial charge is 0.248 e. The Morgan fingerprint density at radius 2 is 1.50 bits per heavy atom. The fourth-order valence-corrected chi connectivity index (χ4v) is 2.36. The van der Waals surface area contributed by atoms with Gasteiger partial charge < -0.3 is 10.8 Å². The van der Waals surface area contributed by atoms with Crippen LogP contribution in [0.15, 0.2) is 48.5 Å². The minimum Gasteiger partial charge on any atom is -0.395 e. The Morgan fingerprint density at radius 3 is 1.95 bits per heavy atom. The SMILES string of the molecule is NC(=O)c1ccc(CN(CCO)Cc2ccc(Cl)cc2)cc1. The first-order chi connectivity index (χ1) is 10.6. The molecule has 1 amide bonds. The van der Waals surface area contributed by atoms with Gasteiger partial charge in [0.05, 0.1) is 6.61 Å². The van der Waals surface area contributed by atoms with E-state index in [0.29, 0.717) is 23.7 Å². The molecule has 0 aromatic heterocycles. The molecule has 0 aliphatic carbocycles. The van der Waals surface area contributed by atoms with Crippen molar-refractivity contribution in [3.05, 3.63) is 70.2 Å². The molecule has 2 rings (SSSR count). The van der Waals surface area contributed by atoms with Crippen LogP contribution in [0.1, 0.15) is 21.5 Å². The number of nitrogens with zero attached hydrogens (tertiary/aromatic N) is 1. The van der Waals surface area contributed by atoms with Gasteiger partial charge in [0, 0.05) is 30.2 Å². The first-order valence-electron chi connectivity index (χ1n) is 7.05. The Balaban J connectivity index is 2.04. The molecule has 0 aliphatic heterocycles. The molecule has 0 bridgehead atoms. The number of hydrogen-bond acceptors (Lipinski definition) is 3. The zero-order valence-corrected chi connectivity index (χ0v) is 13.0. The van der Waals surface area contributed by atoms with Crippen molar-refractivity contribution in [1.29, 1.82) is 0 Å². The van der Waals surface area contributed by atoms with Crippen LogP contribution in [-0.2, 0) is 13.1 Å². The van der Waals surface area contributed by atoms with Crippen LogP contribution in [0.5, 0.6) is 0 Å². The molecule has 0 heterocycles. The lowest BCUT2D eigenvalue weighted by Gasteiger charge is -2.21. The Bertz CT molecular complexity index is 612. The molecular weight excluding hydrogens is 300 g/mol. The van der Waals surface area contributed by atoms with Crippen molar-refractivity contribution >= 4 is 17.5 Å². The molecule has 0 spiro atoms. The van der Waals surface area contributed by atoms with E-state index in [2.05, 4.69) is 4.90 Å². The summed E-state index contributed by atoms with van der Waals surface area (Å²) in [6.45, 7) is 2.06. The molecule has 0 unspecified atom stereocenters. The van der Waals surface area contributed by atoms with Crippen LogP contribution >= 0.6 is 11.6 Å². The largest absolute Gasteiger partial charge is 0.395 e. The third-order valence-electron chi connectivity index (χ3n) is 3.38. The molecule has 5 heteroatoms. The van der Waals surface area contributed by atoms with Gasteiger partial charge in [0.1, 0.15) is 0 Å². The Hall–Kier alpha value is -1.88. The van der Waals surface area contributed by atoms with E-state index in [4.69, 9.17) is 17.3 Å². The van der Waals surface area contributed by atoms with Gasteiger partial charge in [0.25, 0.3) is 0 Å². The fourth-order valence-electron chi connectivity index (χ4n) is 2.24. The molecule has 0 saturated heterocycles. The number of aliphatic hydroxyl groups is 1. The number of rotatable bonds is 7. The summed E-state index contributed by atoms with van der Waals surface area (Å²) >= 11 is 5.89. The molecule has 116 valence electrons. The monoisotopic (exact) mass is 318 g/mol. The van der Waals surface area contributed by atoms with Gasteiger partial charge in [-0.25, -0.2) is 0 Å². The molecule has 2 aromatic carbocycles. The highest BCUT2D eigenvalue weighted by molar-refractivity contribution is 6.30. The lowest BCUT2D eigenvalue weighted by molar-refractivity contribution is 0.100. The second-order valence-electron chi connectivity index (χ2n) is 5.12. The van der Waals surface area contributed by atoms with Gasteiger partial charge in [0.2, 0.25) is 5.91 Å². The topological polar surface area (TPSA) is 66.6 Å².